The van der Waals surface area contributed by atoms with Gasteiger partial charge in [0.2, 0.25) is 11.8 Å². The maximum Gasteiger partial charge on any atom is 0.264 e. The van der Waals surface area contributed by atoms with Crippen molar-refractivity contribution in [3.8, 4) is 5.75 Å². The van der Waals surface area contributed by atoms with E-state index >= 15 is 0 Å². The molecule has 8 nitrogen and oxygen atoms in total. The number of hydrogen-bond donors (Lipinski definition) is 1. The lowest BCUT2D eigenvalue weighted by Gasteiger charge is -2.35. The van der Waals surface area contributed by atoms with E-state index in [2.05, 4.69) is 5.32 Å². The minimum absolute atomic E-state index is 0.00538. The van der Waals surface area contributed by atoms with Crippen molar-refractivity contribution in [2.75, 3.05) is 17.5 Å². The second-order valence-electron chi connectivity index (χ2n) is 12.4. The molecule has 0 bridgehead atoms. The Balaban J connectivity index is 1.87. The molecule has 0 aliphatic rings. The molecule has 0 aliphatic heterocycles. The molecular weight excluding hydrogens is 669 g/mol. The van der Waals surface area contributed by atoms with Crippen LogP contribution >= 0.6 is 23.2 Å². The lowest BCUT2D eigenvalue weighted by molar-refractivity contribution is -0.140. The zero-order valence-corrected chi connectivity index (χ0v) is 30.1. The average molecular weight is 711 g/mol. The second kappa shape index (κ2) is 15.9. The molecule has 254 valence electrons. The highest BCUT2D eigenvalue weighted by atomic mass is 35.5. The van der Waals surface area contributed by atoms with E-state index in [1.54, 1.807) is 61.5 Å². The molecule has 0 spiro atoms. The lowest BCUT2D eigenvalue weighted by atomic mass is 10.0. The summed E-state index contributed by atoms with van der Waals surface area (Å²) in [5, 5.41) is 3.74. The summed E-state index contributed by atoms with van der Waals surface area (Å²) < 4.78 is 35.6. The highest BCUT2D eigenvalue weighted by Crippen LogP contribution is 2.33. The number of aryl methyl sites for hydroxylation is 1. The highest BCUT2D eigenvalue weighted by molar-refractivity contribution is 7.92. The molecule has 0 aliphatic carbocycles. The third kappa shape index (κ3) is 9.52. The van der Waals surface area contributed by atoms with Gasteiger partial charge in [0.15, 0.2) is 0 Å². The molecule has 0 saturated heterocycles. The number of sulfonamides is 1. The van der Waals surface area contributed by atoms with E-state index < -0.39 is 40.0 Å². The van der Waals surface area contributed by atoms with Gasteiger partial charge in [0, 0.05) is 28.5 Å². The van der Waals surface area contributed by atoms with Crippen LogP contribution in [-0.2, 0) is 32.6 Å². The normalized spacial score (nSPS) is 12.2. The van der Waals surface area contributed by atoms with E-state index in [0.717, 1.165) is 15.4 Å². The van der Waals surface area contributed by atoms with Crippen LogP contribution in [0.1, 0.15) is 44.4 Å². The van der Waals surface area contributed by atoms with Gasteiger partial charge in [-0.1, -0.05) is 89.4 Å². The fraction of sp³-hybridized carbons (Fsp3) is 0.297. The van der Waals surface area contributed by atoms with Crippen molar-refractivity contribution in [3.05, 3.63) is 124 Å². The smallest absolute Gasteiger partial charge is 0.264 e. The summed E-state index contributed by atoms with van der Waals surface area (Å²) in [5.74, 6) is -0.720. The van der Waals surface area contributed by atoms with Crippen LogP contribution < -0.4 is 14.4 Å². The van der Waals surface area contributed by atoms with Crippen molar-refractivity contribution in [2.24, 2.45) is 0 Å². The summed E-state index contributed by atoms with van der Waals surface area (Å²) in [4.78, 5) is 30.2. The SMILES string of the molecule is CCOc1ccccc1N(CC(=O)N(Cc1ccc(Cl)cc1Cl)[C@H](Cc1ccccc1)C(=O)NC(C)(C)C)S(=O)(=O)c1ccc(C)cc1. The van der Waals surface area contributed by atoms with Gasteiger partial charge in [0.05, 0.1) is 17.2 Å². The minimum Gasteiger partial charge on any atom is -0.492 e. The number of amides is 2. The fourth-order valence-electron chi connectivity index (χ4n) is 5.13. The van der Waals surface area contributed by atoms with Gasteiger partial charge >= 0.3 is 0 Å². The first-order valence-corrected chi connectivity index (χ1v) is 17.8. The van der Waals surface area contributed by atoms with Crippen LogP contribution in [0.25, 0.3) is 0 Å². The van der Waals surface area contributed by atoms with Crippen LogP contribution in [0.2, 0.25) is 10.0 Å². The van der Waals surface area contributed by atoms with Crippen LogP contribution in [0.4, 0.5) is 5.69 Å². The molecule has 4 aromatic carbocycles. The van der Waals surface area contributed by atoms with Gasteiger partial charge in [0.25, 0.3) is 10.0 Å². The first-order valence-electron chi connectivity index (χ1n) is 15.6. The standard InChI is InChI=1S/C37H41Cl2N3O5S/c1-6-47-34-15-11-10-14-32(34)42(48(45,46)30-20-16-26(2)17-21-30)25-35(43)41(24-28-18-19-29(38)23-31(28)39)33(36(44)40-37(3,4)5)22-27-12-8-7-9-13-27/h7-21,23,33H,6,22,24-25H2,1-5H3,(H,40,44)/t33-/m1/s1. The van der Waals surface area contributed by atoms with Crippen LogP contribution in [0.5, 0.6) is 5.75 Å². The summed E-state index contributed by atoms with van der Waals surface area (Å²) in [6.07, 6.45) is 0.167. The van der Waals surface area contributed by atoms with Crippen molar-refractivity contribution >= 4 is 50.7 Å². The Morgan fingerprint density at radius 2 is 1.54 bits per heavy atom. The summed E-state index contributed by atoms with van der Waals surface area (Å²) >= 11 is 12.8. The van der Waals surface area contributed by atoms with E-state index in [1.807, 2.05) is 58.0 Å². The molecule has 0 unspecified atom stereocenters. The van der Waals surface area contributed by atoms with E-state index in [-0.39, 0.29) is 30.2 Å². The lowest BCUT2D eigenvalue weighted by Crippen LogP contribution is -2.56. The number of nitrogens with zero attached hydrogens (tertiary/aromatic N) is 2. The van der Waals surface area contributed by atoms with Crippen molar-refractivity contribution in [3.63, 3.8) is 0 Å². The minimum atomic E-state index is -4.30. The van der Waals surface area contributed by atoms with Crippen molar-refractivity contribution in [1.29, 1.82) is 0 Å². The van der Waals surface area contributed by atoms with Crippen LogP contribution in [-0.4, -0.2) is 49.9 Å². The summed E-state index contributed by atoms with van der Waals surface area (Å²) in [5.41, 5.74) is 1.81. The molecule has 1 atom stereocenters. The van der Waals surface area contributed by atoms with Gasteiger partial charge in [-0.05, 0) is 82.1 Å². The molecule has 4 rings (SSSR count). The first kappa shape index (κ1) is 36.8. The number of ether oxygens (including phenoxy) is 1. The molecule has 48 heavy (non-hydrogen) atoms. The summed E-state index contributed by atoms with van der Waals surface area (Å²) in [6.45, 7) is 8.77. The maximum absolute atomic E-state index is 14.7. The summed E-state index contributed by atoms with van der Waals surface area (Å²) in [7, 11) is -4.30. The third-order valence-electron chi connectivity index (χ3n) is 7.45. The van der Waals surface area contributed by atoms with Crippen molar-refractivity contribution in [2.45, 2.75) is 64.1 Å². The molecule has 4 aromatic rings. The quantitative estimate of drug-likeness (QED) is 0.156. The molecule has 0 radical (unpaired) electrons. The molecular formula is C37H41Cl2N3O5S. The largest absolute Gasteiger partial charge is 0.492 e. The maximum atomic E-state index is 14.7. The molecule has 1 N–H and O–H groups in total. The van der Waals surface area contributed by atoms with Gasteiger partial charge in [-0.15, -0.1) is 0 Å². The molecule has 11 heteroatoms. The number of anilines is 1. The molecule has 0 fully saturated rings. The highest BCUT2D eigenvalue weighted by Gasteiger charge is 2.36. The van der Waals surface area contributed by atoms with Crippen molar-refractivity contribution in [1.82, 2.24) is 10.2 Å². The molecule has 0 aromatic heterocycles. The number of benzene rings is 4. The van der Waals surface area contributed by atoms with E-state index in [1.165, 1.54) is 17.0 Å². The number of carbonyl (C=O) groups is 2. The van der Waals surface area contributed by atoms with Gasteiger partial charge in [-0.3, -0.25) is 13.9 Å². The zero-order chi connectivity index (χ0) is 35.1. The average Bonchev–Trinajstić information content (AvgIpc) is 3.02. The van der Waals surface area contributed by atoms with Crippen LogP contribution in [0.3, 0.4) is 0 Å². The van der Waals surface area contributed by atoms with Gasteiger partial charge in [0.1, 0.15) is 18.3 Å². The predicted molar refractivity (Wildman–Crippen MR) is 192 cm³/mol. The number of nitrogens with one attached hydrogen (secondary N) is 1. The van der Waals surface area contributed by atoms with E-state index in [0.29, 0.717) is 21.4 Å². The predicted octanol–water partition coefficient (Wildman–Crippen LogP) is 7.45. The Morgan fingerprint density at radius 3 is 2.17 bits per heavy atom. The zero-order valence-electron chi connectivity index (χ0n) is 27.7. The van der Waals surface area contributed by atoms with Gasteiger partial charge in [-0.25, -0.2) is 8.42 Å². The van der Waals surface area contributed by atoms with Gasteiger partial charge < -0.3 is 15.0 Å². The topological polar surface area (TPSA) is 96.0 Å². The van der Waals surface area contributed by atoms with Crippen LogP contribution in [0, 0.1) is 6.92 Å². The Kier molecular flexibility index (Phi) is 12.2. The third-order valence-corrected chi connectivity index (χ3v) is 9.81. The molecule has 2 amide bonds. The van der Waals surface area contributed by atoms with Crippen molar-refractivity contribution < 1.29 is 22.7 Å². The molecule has 0 heterocycles. The number of para-hydroxylation sites is 2. The fourth-order valence-corrected chi connectivity index (χ4v) is 7.02. The monoisotopic (exact) mass is 709 g/mol. The number of hydrogen-bond acceptors (Lipinski definition) is 5. The molecule has 0 saturated carbocycles. The van der Waals surface area contributed by atoms with E-state index in [4.69, 9.17) is 27.9 Å². The number of halogens is 2. The summed E-state index contributed by atoms with van der Waals surface area (Å²) in [6, 6.07) is 26.3. The second-order valence-corrected chi connectivity index (χ2v) is 15.1. The Bertz CT molecular complexity index is 1830. The van der Waals surface area contributed by atoms with Crippen LogP contribution in [0.15, 0.2) is 102 Å². The first-order chi connectivity index (χ1) is 22.7. The van der Waals surface area contributed by atoms with E-state index in [9.17, 15) is 18.0 Å². The Morgan fingerprint density at radius 1 is 0.896 bits per heavy atom. The number of rotatable bonds is 13. The van der Waals surface area contributed by atoms with Gasteiger partial charge in [-0.2, -0.15) is 0 Å². The Hall–Kier alpha value is -4.05. The number of carbonyl (C=O) groups excluding carboxylic acids is 2. The Labute approximate surface area is 293 Å².